The average molecular weight is 263 g/mol. The molecule has 0 heterocycles. The molecule has 0 amide bonds. The third-order valence-corrected chi connectivity index (χ3v) is 3.77. The van der Waals surface area contributed by atoms with Crippen LogP contribution >= 0.6 is 0 Å². The quantitative estimate of drug-likeness (QED) is 0.856. The number of aromatic carboxylic acids is 1. The van der Waals surface area contributed by atoms with Gasteiger partial charge < -0.3 is 15.2 Å². The molecule has 1 saturated carbocycles. The highest BCUT2D eigenvalue weighted by Gasteiger charge is 2.24. The molecule has 0 aliphatic heterocycles. The van der Waals surface area contributed by atoms with Gasteiger partial charge in [0.2, 0.25) is 0 Å². The molecule has 1 aromatic carbocycles. The van der Waals surface area contributed by atoms with Crippen molar-refractivity contribution in [2.45, 2.75) is 44.4 Å². The number of ether oxygens (including phenoxy) is 1. The molecule has 1 aromatic rings. The van der Waals surface area contributed by atoms with E-state index in [-0.39, 0.29) is 0 Å². The van der Waals surface area contributed by atoms with Crippen molar-refractivity contribution in [2.24, 2.45) is 0 Å². The van der Waals surface area contributed by atoms with Gasteiger partial charge in [-0.3, -0.25) is 0 Å². The lowest BCUT2D eigenvalue weighted by molar-refractivity contribution is 0.0413. The second-order valence-corrected chi connectivity index (χ2v) is 5.05. The molecule has 1 aliphatic rings. The van der Waals surface area contributed by atoms with E-state index in [2.05, 4.69) is 5.32 Å². The zero-order chi connectivity index (χ0) is 13.7. The van der Waals surface area contributed by atoms with E-state index in [1.165, 1.54) is 12.8 Å². The fourth-order valence-electron chi connectivity index (χ4n) is 2.63. The Morgan fingerprint density at radius 3 is 2.63 bits per heavy atom. The van der Waals surface area contributed by atoms with Gasteiger partial charge in [0.05, 0.1) is 11.7 Å². The zero-order valence-electron chi connectivity index (χ0n) is 11.3. The summed E-state index contributed by atoms with van der Waals surface area (Å²) in [5.74, 6) is -0.883. The lowest BCUT2D eigenvalue weighted by Gasteiger charge is -2.31. The molecule has 0 unspecified atom stereocenters. The molecule has 4 heteroatoms. The maximum Gasteiger partial charge on any atom is 0.335 e. The first kappa shape index (κ1) is 14.0. The van der Waals surface area contributed by atoms with Crippen LogP contribution in [0.2, 0.25) is 0 Å². The number of hydrogen-bond donors (Lipinski definition) is 2. The fourth-order valence-corrected chi connectivity index (χ4v) is 2.63. The number of carboxylic acid groups (broad SMARTS) is 1. The van der Waals surface area contributed by atoms with Crippen LogP contribution in [0.25, 0.3) is 0 Å². The van der Waals surface area contributed by atoms with Crippen LogP contribution in [0.4, 0.5) is 0 Å². The third kappa shape index (κ3) is 3.78. The van der Waals surface area contributed by atoms with Crippen LogP contribution in [0.15, 0.2) is 24.3 Å². The second kappa shape index (κ2) is 6.68. The molecule has 0 spiro atoms. The minimum atomic E-state index is -0.883. The van der Waals surface area contributed by atoms with Gasteiger partial charge in [0.25, 0.3) is 0 Å². The number of nitrogens with one attached hydrogen (secondary N) is 1. The second-order valence-electron chi connectivity index (χ2n) is 5.05. The van der Waals surface area contributed by atoms with Crippen LogP contribution in [-0.2, 0) is 11.3 Å². The molecular formula is C15H21NO3. The molecule has 2 rings (SSSR count). The minimum Gasteiger partial charge on any atom is -0.478 e. The molecule has 1 aliphatic carbocycles. The first-order chi connectivity index (χ1) is 9.20. The summed E-state index contributed by atoms with van der Waals surface area (Å²) >= 11 is 0. The van der Waals surface area contributed by atoms with Gasteiger partial charge in [-0.05, 0) is 30.5 Å². The Bertz CT molecular complexity index is 416. The third-order valence-electron chi connectivity index (χ3n) is 3.77. The van der Waals surface area contributed by atoms with E-state index in [9.17, 15) is 4.79 Å². The number of benzene rings is 1. The number of carboxylic acids is 1. The number of methoxy groups -OCH3 is 1. The number of rotatable bonds is 5. The molecule has 2 atom stereocenters. The molecule has 4 nitrogen and oxygen atoms in total. The molecular weight excluding hydrogens is 242 g/mol. The lowest BCUT2D eigenvalue weighted by Crippen LogP contribution is -2.42. The standard InChI is InChI=1S/C15H21NO3/c1-19-14-5-3-2-4-13(14)16-10-11-6-8-12(9-7-11)15(17)18/h6-9,13-14,16H,2-5,10H2,1H3,(H,17,18)/t13-,14-/m1/s1. The average Bonchev–Trinajstić information content (AvgIpc) is 2.45. The largest absolute Gasteiger partial charge is 0.478 e. The zero-order valence-corrected chi connectivity index (χ0v) is 11.3. The van der Waals surface area contributed by atoms with Gasteiger partial charge in [-0.1, -0.05) is 25.0 Å². The maximum atomic E-state index is 10.8. The van der Waals surface area contributed by atoms with E-state index in [1.807, 2.05) is 12.1 Å². The van der Waals surface area contributed by atoms with Crippen LogP contribution in [0, 0.1) is 0 Å². The molecule has 2 N–H and O–H groups in total. The highest BCUT2D eigenvalue weighted by molar-refractivity contribution is 5.87. The van der Waals surface area contributed by atoms with Gasteiger partial charge in [-0.15, -0.1) is 0 Å². The van der Waals surface area contributed by atoms with E-state index in [4.69, 9.17) is 9.84 Å². The maximum absolute atomic E-state index is 10.8. The van der Waals surface area contributed by atoms with Crippen LogP contribution in [-0.4, -0.2) is 30.3 Å². The normalized spacial score (nSPS) is 23.2. The summed E-state index contributed by atoms with van der Waals surface area (Å²) in [6.45, 7) is 0.754. The number of hydrogen-bond acceptors (Lipinski definition) is 3. The van der Waals surface area contributed by atoms with Gasteiger partial charge in [-0.25, -0.2) is 4.79 Å². The SMILES string of the molecule is CO[C@@H]1CCCC[C@H]1NCc1ccc(C(=O)O)cc1. The van der Waals surface area contributed by atoms with Crippen molar-refractivity contribution >= 4 is 5.97 Å². The summed E-state index contributed by atoms with van der Waals surface area (Å²) in [4.78, 5) is 10.8. The summed E-state index contributed by atoms with van der Waals surface area (Å²) in [6.07, 6.45) is 5.05. The topological polar surface area (TPSA) is 58.6 Å². The van der Waals surface area contributed by atoms with Gasteiger partial charge in [0, 0.05) is 19.7 Å². The molecule has 0 radical (unpaired) electrons. The minimum absolute atomic E-state index is 0.298. The van der Waals surface area contributed by atoms with Crippen LogP contribution in [0.3, 0.4) is 0 Å². The Hall–Kier alpha value is -1.39. The van der Waals surface area contributed by atoms with Crippen LogP contribution in [0.1, 0.15) is 41.6 Å². The van der Waals surface area contributed by atoms with Gasteiger partial charge in [-0.2, -0.15) is 0 Å². The Balaban J connectivity index is 1.88. The molecule has 0 saturated heterocycles. The Morgan fingerprint density at radius 1 is 1.32 bits per heavy atom. The Labute approximate surface area is 113 Å². The summed E-state index contributed by atoms with van der Waals surface area (Å²) in [5.41, 5.74) is 1.43. The summed E-state index contributed by atoms with van der Waals surface area (Å²) in [7, 11) is 1.77. The Kier molecular flexibility index (Phi) is 4.93. The van der Waals surface area contributed by atoms with E-state index in [0.29, 0.717) is 17.7 Å². The summed E-state index contributed by atoms with van der Waals surface area (Å²) in [6, 6.07) is 7.42. The number of carbonyl (C=O) groups is 1. The first-order valence-electron chi connectivity index (χ1n) is 6.79. The van der Waals surface area contributed by atoms with E-state index < -0.39 is 5.97 Å². The van der Waals surface area contributed by atoms with Crippen molar-refractivity contribution < 1.29 is 14.6 Å². The van der Waals surface area contributed by atoms with Crippen molar-refractivity contribution in [1.29, 1.82) is 0 Å². The highest BCUT2D eigenvalue weighted by atomic mass is 16.5. The summed E-state index contributed by atoms with van der Waals surface area (Å²) < 4.78 is 5.50. The van der Waals surface area contributed by atoms with E-state index in [1.54, 1.807) is 19.2 Å². The molecule has 0 aromatic heterocycles. The first-order valence-corrected chi connectivity index (χ1v) is 6.79. The molecule has 104 valence electrons. The Morgan fingerprint density at radius 2 is 2.00 bits per heavy atom. The van der Waals surface area contributed by atoms with Gasteiger partial charge in [0.1, 0.15) is 0 Å². The lowest BCUT2D eigenvalue weighted by atomic mass is 9.92. The van der Waals surface area contributed by atoms with E-state index >= 15 is 0 Å². The highest BCUT2D eigenvalue weighted by Crippen LogP contribution is 2.21. The predicted octanol–water partition coefficient (Wildman–Crippen LogP) is 2.43. The van der Waals surface area contributed by atoms with Crippen LogP contribution in [0.5, 0.6) is 0 Å². The van der Waals surface area contributed by atoms with Gasteiger partial charge >= 0.3 is 5.97 Å². The van der Waals surface area contributed by atoms with Crippen LogP contribution < -0.4 is 5.32 Å². The smallest absolute Gasteiger partial charge is 0.335 e. The fraction of sp³-hybridized carbons (Fsp3) is 0.533. The molecule has 0 bridgehead atoms. The molecule has 1 fully saturated rings. The van der Waals surface area contributed by atoms with Crippen molar-refractivity contribution in [2.75, 3.05) is 7.11 Å². The van der Waals surface area contributed by atoms with Crippen molar-refractivity contribution in [3.8, 4) is 0 Å². The van der Waals surface area contributed by atoms with E-state index in [0.717, 1.165) is 24.9 Å². The van der Waals surface area contributed by atoms with Crippen molar-refractivity contribution in [3.05, 3.63) is 35.4 Å². The summed E-state index contributed by atoms with van der Waals surface area (Å²) in [5, 5.41) is 12.4. The van der Waals surface area contributed by atoms with Crippen molar-refractivity contribution in [3.63, 3.8) is 0 Å². The monoisotopic (exact) mass is 263 g/mol. The van der Waals surface area contributed by atoms with Gasteiger partial charge in [0.15, 0.2) is 0 Å². The molecule has 19 heavy (non-hydrogen) atoms. The van der Waals surface area contributed by atoms with Crippen molar-refractivity contribution in [1.82, 2.24) is 5.32 Å². The predicted molar refractivity (Wildman–Crippen MR) is 73.3 cm³/mol.